The predicted molar refractivity (Wildman–Crippen MR) is 239 cm³/mol. The highest BCUT2D eigenvalue weighted by Gasteiger charge is 2.37. The van der Waals surface area contributed by atoms with Crippen molar-refractivity contribution in [1.29, 1.82) is 0 Å². The van der Waals surface area contributed by atoms with Crippen molar-refractivity contribution in [2.45, 2.75) is 71.6 Å². The van der Waals surface area contributed by atoms with Crippen LogP contribution in [0.3, 0.4) is 0 Å². The third-order valence-corrected chi connectivity index (χ3v) is 11.7. The monoisotopic (exact) mass is 820 g/mol. The zero-order valence-electron chi connectivity index (χ0n) is 35.8. The van der Waals surface area contributed by atoms with Crippen molar-refractivity contribution in [1.82, 2.24) is 40.4 Å². The number of nitrogens with one attached hydrogen (secondary N) is 4. The van der Waals surface area contributed by atoms with Crippen LogP contribution in [0.25, 0.3) is 44.8 Å². The van der Waals surface area contributed by atoms with Gasteiger partial charge in [-0.05, 0) is 77.7 Å². The number of amides is 3. The van der Waals surface area contributed by atoms with Crippen LogP contribution >= 0.6 is 0 Å². The average Bonchev–Trinajstić information content (AvgIpc) is 4.10. The Hall–Kier alpha value is -6.53. The van der Waals surface area contributed by atoms with Crippen LogP contribution in [-0.4, -0.2) is 80.4 Å². The van der Waals surface area contributed by atoms with Crippen molar-refractivity contribution in [3.05, 3.63) is 133 Å². The van der Waals surface area contributed by atoms with Gasteiger partial charge in [-0.2, -0.15) is 0 Å². The number of ether oxygens (including phenoxy) is 1. The van der Waals surface area contributed by atoms with Gasteiger partial charge in [-0.25, -0.2) is 14.8 Å². The van der Waals surface area contributed by atoms with Crippen LogP contribution in [0.5, 0.6) is 0 Å². The van der Waals surface area contributed by atoms with Gasteiger partial charge in [0.15, 0.2) is 0 Å². The number of alkyl carbamates (subject to hydrolysis) is 1. The summed E-state index contributed by atoms with van der Waals surface area (Å²) in [7, 11) is 1.30. The first-order chi connectivity index (χ1) is 29.6. The molecule has 4 atom stereocenters. The maximum absolute atomic E-state index is 13.6. The average molecular weight is 821 g/mol. The SMILES string of the molecule is CCN(CC)[C@@H](C(=O)N[C@@H](C)c1ncc(-c2ccc(-c3ccc(-c4ccc(-c5cnc([C@@H]6CCCN6C(=O)[C@@H](NC(=O)OC)C(C)C)[nH]5)cc4)cc3)cc2)[nH]1)c1ccccc1. The normalized spacial score (nSPS) is 15.4. The van der Waals surface area contributed by atoms with Gasteiger partial charge >= 0.3 is 6.09 Å². The molecular formula is C49H56N8O4. The minimum atomic E-state index is -0.679. The van der Waals surface area contributed by atoms with E-state index in [2.05, 4.69) is 122 Å². The number of likely N-dealkylation sites (tertiary alicyclic amines) is 1. The Morgan fingerprint density at radius 1 is 0.738 bits per heavy atom. The Morgan fingerprint density at radius 3 is 1.79 bits per heavy atom. The van der Waals surface area contributed by atoms with Crippen molar-refractivity contribution < 1.29 is 19.1 Å². The molecule has 0 bridgehead atoms. The van der Waals surface area contributed by atoms with Crippen molar-refractivity contribution in [3.63, 3.8) is 0 Å². The number of rotatable bonds is 15. The van der Waals surface area contributed by atoms with E-state index in [1.165, 1.54) is 7.11 Å². The molecule has 1 fully saturated rings. The topological polar surface area (TPSA) is 148 Å². The van der Waals surface area contributed by atoms with E-state index in [1.807, 2.05) is 68.4 Å². The summed E-state index contributed by atoms with van der Waals surface area (Å²) in [6.45, 7) is 12.1. The van der Waals surface area contributed by atoms with Gasteiger partial charge in [0.05, 0.1) is 43.0 Å². The number of aromatic amines is 2. The summed E-state index contributed by atoms with van der Waals surface area (Å²) in [5.74, 6) is 1.17. The van der Waals surface area contributed by atoms with E-state index in [4.69, 9.17) is 4.74 Å². The molecule has 3 amide bonds. The highest BCUT2D eigenvalue weighted by Crippen LogP contribution is 2.34. The molecule has 1 aliphatic heterocycles. The molecule has 12 heteroatoms. The number of likely N-dealkylation sites (N-methyl/N-ethyl adjacent to an activating group) is 1. The van der Waals surface area contributed by atoms with Gasteiger partial charge in [0.2, 0.25) is 11.8 Å². The van der Waals surface area contributed by atoms with E-state index in [0.717, 1.165) is 82.1 Å². The van der Waals surface area contributed by atoms with E-state index >= 15 is 0 Å². The number of aromatic nitrogens is 4. The Balaban J connectivity index is 0.967. The molecular weight excluding hydrogens is 765 g/mol. The Labute approximate surface area is 358 Å². The fraction of sp³-hybridized carbons (Fsp3) is 0.327. The number of carbonyl (C=O) groups is 3. The van der Waals surface area contributed by atoms with Gasteiger partial charge in [0.1, 0.15) is 23.7 Å². The quantitative estimate of drug-likeness (QED) is 0.0808. The maximum Gasteiger partial charge on any atom is 0.407 e. The Kier molecular flexibility index (Phi) is 13.4. The summed E-state index contributed by atoms with van der Waals surface area (Å²) in [5, 5.41) is 5.89. The van der Waals surface area contributed by atoms with E-state index in [1.54, 1.807) is 0 Å². The molecule has 0 saturated carbocycles. The highest BCUT2D eigenvalue weighted by molar-refractivity contribution is 5.86. The van der Waals surface area contributed by atoms with Gasteiger partial charge in [-0.15, -0.1) is 0 Å². The first-order valence-electron chi connectivity index (χ1n) is 21.2. The molecule has 0 unspecified atom stereocenters. The number of methoxy groups -OCH3 is 1. The lowest BCUT2D eigenvalue weighted by Crippen LogP contribution is -2.51. The van der Waals surface area contributed by atoms with E-state index in [-0.39, 0.29) is 35.9 Å². The van der Waals surface area contributed by atoms with Crippen LogP contribution in [0.15, 0.2) is 116 Å². The summed E-state index contributed by atoms with van der Waals surface area (Å²) >= 11 is 0. The number of hydrogen-bond donors (Lipinski definition) is 4. The fourth-order valence-electron chi connectivity index (χ4n) is 8.20. The lowest BCUT2D eigenvalue weighted by molar-refractivity contribution is -0.135. The first-order valence-corrected chi connectivity index (χ1v) is 21.2. The molecule has 7 rings (SSSR count). The summed E-state index contributed by atoms with van der Waals surface area (Å²) in [6.07, 6.45) is 4.67. The molecule has 2 aromatic heterocycles. The van der Waals surface area contributed by atoms with E-state index in [0.29, 0.717) is 12.4 Å². The van der Waals surface area contributed by atoms with Gasteiger partial charge in [-0.1, -0.05) is 131 Å². The van der Waals surface area contributed by atoms with Crippen LogP contribution in [0, 0.1) is 5.92 Å². The minimum Gasteiger partial charge on any atom is -0.453 e. The molecule has 61 heavy (non-hydrogen) atoms. The van der Waals surface area contributed by atoms with Crippen LogP contribution in [0.4, 0.5) is 4.79 Å². The molecule has 4 aromatic carbocycles. The lowest BCUT2D eigenvalue weighted by Gasteiger charge is -2.30. The summed E-state index contributed by atoms with van der Waals surface area (Å²) in [4.78, 5) is 59.3. The molecule has 4 N–H and O–H groups in total. The number of nitrogens with zero attached hydrogens (tertiary/aromatic N) is 4. The van der Waals surface area contributed by atoms with Crippen LogP contribution < -0.4 is 10.6 Å². The molecule has 1 saturated heterocycles. The summed E-state index contributed by atoms with van der Waals surface area (Å²) < 4.78 is 4.77. The zero-order valence-corrected chi connectivity index (χ0v) is 35.8. The third-order valence-electron chi connectivity index (χ3n) is 11.7. The smallest absolute Gasteiger partial charge is 0.407 e. The van der Waals surface area contributed by atoms with Gasteiger partial charge < -0.3 is 30.2 Å². The van der Waals surface area contributed by atoms with Crippen molar-refractivity contribution in [2.24, 2.45) is 5.92 Å². The number of H-pyrrole nitrogens is 2. The van der Waals surface area contributed by atoms with Gasteiger partial charge in [0.25, 0.3) is 0 Å². The van der Waals surface area contributed by atoms with E-state index < -0.39 is 12.1 Å². The van der Waals surface area contributed by atoms with Crippen LogP contribution in [-0.2, 0) is 14.3 Å². The molecule has 316 valence electrons. The summed E-state index contributed by atoms with van der Waals surface area (Å²) in [5.41, 5.74) is 9.16. The van der Waals surface area contributed by atoms with Crippen molar-refractivity contribution in [2.75, 3.05) is 26.7 Å². The second kappa shape index (κ2) is 19.2. The maximum atomic E-state index is 13.6. The predicted octanol–water partition coefficient (Wildman–Crippen LogP) is 9.11. The number of carbonyl (C=O) groups excluding carboxylic acids is 3. The Bertz CT molecular complexity index is 2390. The Morgan fingerprint density at radius 2 is 1.26 bits per heavy atom. The number of hydrogen-bond acceptors (Lipinski definition) is 7. The van der Waals surface area contributed by atoms with Gasteiger partial charge in [-0.3, -0.25) is 14.5 Å². The molecule has 0 aliphatic carbocycles. The molecule has 12 nitrogen and oxygen atoms in total. The van der Waals surface area contributed by atoms with E-state index in [9.17, 15) is 14.4 Å². The largest absolute Gasteiger partial charge is 0.453 e. The second-order valence-electron chi connectivity index (χ2n) is 15.9. The van der Waals surface area contributed by atoms with Crippen molar-refractivity contribution in [3.8, 4) is 44.8 Å². The van der Waals surface area contributed by atoms with Crippen LogP contribution in [0.1, 0.15) is 82.8 Å². The zero-order chi connectivity index (χ0) is 43.0. The van der Waals surface area contributed by atoms with Crippen molar-refractivity contribution >= 4 is 17.9 Å². The standard InChI is InChI=1S/C49H56N8O4/c1-7-56(8-2)44(39-13-10-9-11-14-39)47(58)52-32(5)45-50-29-40(53-45)37-24-20-35(21-25-37)33-16-18-34(19-17-33)36-22-26-38(27-23-36)41-30-51-46(54-41)42-15-12-28-57(42)48(59)43(31(3)4)55-49(60)61-6/h9-11,13-14,16-27,29-32,42-44H,7-8,12,15,28H2,1-6H3,(H,50,53)(H,51,54)(H,52,58)(H,55,60)/t32-,42-,43-,44+/m0/s1. The molecule has 1 aliphatic rings. The fourth-order valence-corrected chi connectivity index (χ4v) is 8.20. The third kappa shape index (κ3) is 9.60. The number of imidazole rings is 2. The summed E-state index contributed by atoms with van der Waals surface area (Å²) in [6, 6.07) is 33.7. The van der Waals surface area contributed by atoms with Gasteiger partial charge in [0, 0.05) is 6.54 Å². The first kappa shape index (κ1) is 42.6. The molecule has 0 spiro atoms. The second-order valence-corrected chi connectivity index (χ2v) is 15.9. The molecule has 3 heterocycles. The molecule has 6 aromatic rings. The number of benzene rings is 4. The minimum absolute atomic E-state index is 0.0482. The lowest BCUT2D eigenvalue weighted by atomic mass is 9.98. The highest BCUT2D eigenvalue weighted by atomic mass is 16.5. The molecule has 0 radical (unpaired) electrons. The van der Waals surface area contributed by atoms with Crippen LogP contribution in [0.2, 0.25) is 0 Å².